The smallest absolute Gasteiger partial charge is 0.308 e. The molecular formula is C20H24ClNO3. The van der Waals surface area contributed by atoms with E-state index >= 15 is 0 Å². The third kappa shape index (κ3) is 5.05. The van der Waals surface area contributed by atoms with Crippen molar-refractivity contribution >= 4 is 5.97 Å². The van der Waals surface area contributed by atoms with Gasteiger partial charge in [-0.05, 0) is 12.5 Å². The lowest BCUT2D eigenvalue weighted by Gasteiger charge is -2.35. The minimum atomic E-state index is -0.194. The molecule has 0 aliphatic carbocycles. The van der Waals surface area contributed by atoms with Crippen LogP contribution in [0, 0.1) is 0 Å². The zero-order valence-corrected chi connectivity index (χ0v) is 15.1. The van der Waals surface area contributed by atoms with Gasteiger partial charge in [0.1, 0.15) is 24.8 Å². The number of quaternary nitrogens is 1. The first-order valence-electron chi connectivity index (χ1n) is 8.52. The Kier molecular flexibility index (Phi) is 7.44. The summed E-state index contributed by atoms with van der Waals surface area (Å²) in [7, 11) is 0. The molecule has 1 aliphatic heterocycles. The van der Waals surface area contributed by atoms with Gasteiger partial charge in [-0.2, -0.15) is 0 Å². The Morgan fingerprint density at radius 2 is 1.68 bits per heavy atom. The van der Waals surface area contributed by atoms with Crippen molar-refractivity contribution in [3.8, 4) is 0 Å². The molecule has 1 heterocycles. The fourth-order valence-electron chi connectivity index (χ4n) is 3.22. The van der Waals surface area contributed by atoms with Gasteiger partial charge in [-0.15, -0.1) is 0 Å². The number of esters is 1. The second-order valence-corrected chi connectivity index (χ2v) is 6.01. The van der Waals surface area contributed by atoms with Gasteiger partial charge in [-0.3, -0.25) is 4.79 Å². The van der Waals surface area contributed by atoms with Crippen LogP contribution in [-0.2, 0) is 14.3 Å². The quantitative estimate of drug-likeness (QED) is 0.723. The summed E-state index contributed by atoms with van der Waals surface area (Å²) in [5, 5.41) is 2.28. The van der Waals surface area contributed by atoms with Crippen molar-refractivity contribution in [1.82, 2.24) is 0 Å². The highest BCUT2D eigenvalue weighted by molar-refractivity contribution is 5.69. The molecule has 3 rings (SSSR count). The number of halogens is 1. The SMILES string of the molecule is CCOC(=O)C[C@@H]1C[NH2+][C@H](c2ccccc2)[C@H](c2ccccc2)O1.[Cl-]. The molecule has 4 nitrogen and oxygen atoms in total. The number of hydrogen-bond acceptors (Lipinski definition) is 3. The van der Waals surface area contributed by atoms with E-state index in [0.29, 0.717) is 13.0 Å². The standard InChI is InChI=1S/C20H23NO3.ClH/c1-2-23-18(22)13-17-14-21-19(15-9-5-3-6-10-15)20(24-17)16-11-7-4-8-12-16;/h3-12,17,19-21H,2,13-14H2,1H3;1H/t17-,19-,20+;/m1./s1. The van der Waals surface area contributed by atoms with E-state index in [9.17, 15) is 4.79 Å². The lowest BCUT2D eigenvalue weighted by atomic mass is 9.93. The summed E-state index contributed by atoms with van der Waals surface area (Å²) in [6.45, 7) is 2.98. The summed E-state index contributed by atoms with van der Waals surface area (Å²) in [6, 6.07) is 20.8. The molecule has 5 heteroatoms. The Labute approximate surface area is 154 Å². The first-order valence-corrected chi connectivity index (χ1v) is 8.52. The molecule has 0 unspecified atom stereocenters. The fraction of sp³-hybridized carbons (Fsp3) is 0.350. The average Bonchev–Trinajstić information content (AvgIpc) is 2.63. The number of nitrogens with two attached hydrogens (primary N) is 1. The van der Waals surface area contributed by atoms with E-state index in [1.807, 2.05) is 31.2 Å². The third-order valence-electron chi connectivity index (χ3n) is 4.33. The Balaban J connectivity index is 0.00000225. The van der Waals surface area contributed by atoms with E-state index in [1.165, 1.54) is 5.56 Å². The van der Waals surface area contributed by atoms with Crippen molar-refractivity contribution < 1.29 is 32.0 Å². The summed E-state index contributed by atoms with van der Waals surface area (Å²) in [4.78, 5) is 11.8. The second-order valence-electron chi connectivity index (χ2n) is 6.01. The number of ether oxygens (including phenoxy) is 2. The van der Waals surface area contributed by atoms with Crippen LogP contribution in [0.1, 0.15) is 36.6 Å². The maximum Gasteiger partial charge on any atom is 0.308 e. The normalized spacial score (nSPS) is 22.7. The second kappa shape index (κ2) is 9.56. The molecular weight excluding hydrogens is 338 g/mol. The van der Waals surface area contributed by atoms with Crippen LogP contribution in [-0.4, -0.2) is 25.2 Å². The van der Waals surface area contributed by atoms with E-state index in [0.717, 1.165) is 12.1 Å². The van der Waals surface area contributed by atoms with Crippen LogP contribution >= 0.6 is 0 Å². The molecule has 2 N–H and O–H groups in total. The molecule has 25 heavy (non-hydrogen) atoms. The molecule has 0 spiro atoms. The van der Waals surface area contributed by atoms with Crippen molar-refractivity contribution in [2.75, 3.05) is 13.2 Å². The monoisotopic (exact) mass is 361 g/mol. The van der Waals surface area contributed by atoms with Crippen molar-refractivity contribution in [2.24, 2.45) is 0 Å². The number of rotatable bonds is 5. The van der Waals surface area contributed by atoms with Crippen LogP contribution in [0.15, 0.2) is 60.7 Å². The van der Waals surface area contributed by atoms with Gasteiger partial charge in [0.25, 0.3) is 0 Å². The molecule has 2 aromatic rings. The van der Waals surface area contributed by atoms with Gasteiger partial charge in [-0.1, -0.05) is 60.7 Å². The maximum absolute atomic E-state index is 11.8. The van der Waals surface area contributed by atoms with Gasteiger partial charge in [-0.25, -0.2) is 0 Å². The predicted molar refractivity (Wildman–Crippen MR) is 91.3 cm³/mol. The minimum Gasteiger partial charge on any atom is -1.00 e. The Morgan fingerprint density at radius 3 is 2.28 bits per heavy atom. The molecule has 1 aliphatic rings. The van der Waals surface area contributed by atoms with Crippen molar-refractivity contribution in [3.05, 3.63) is 71.8 Å². The topological polar surface area (TPSA) is 52.1 Å². The number of carbonyl (C=O) groups excluding carboxylic acids is 1. The first kappa shape index (κ1) is 19.4. The zero-order valence-electron chi connectivity index (χ0n) is 14.3. The van der Waals surface area contributed by atoms with Crippen LogP contribution in [0.2, 0.25) is 0 Å². The van der Waals surface area contributed by atoms with Crippen LogP contribution in [0.4, 0.5) is 0 Å². The van der Waals surface area contributed by atoms with Gasteiger partial charge >= 0.3 is 5.97 Å². The number of benzene rings is 2. The van der Waals surface area contributed by atoms with Gasteiger partial charge in [0.05, 0.1) is 13.0 Å². The highest BCUT2D eigenvalue weighted by atomic mass is 35.5. The molecule has 0 radical (unpaired) electrons. The van der Waals surface area contributed by atoms with E-state index in [1.54, 1.807) is 0 Å². The molecule has 1 fully saturated rings. The van der Waals surface area contributed by atoms with Crippen molar-refractivity contribution in [1.29, 1.82) is 0 Å². The zero-order chi connectivity index (χ0) is 16.8. The molecule has 2 aromatic carbocycles. The summed E-state index contributed by atoms with van der Waals surface area (Å²) < 4.78 is 11.4. The summed E-state index contributed by atoms with van der Waals surface area (Å²) >= 11 is 0. The van der Waals surface area contributed by atoms with Gasteiger partial charge < -0.3 is 27.2 Å². The first-order chi connectivity index (χ1) is 11.8. The number of carbonyl (C=O) groups is 1. The summed E-state index contributed by atoms with van der Waals surface area (Å²) in [5.74, 6) is -0.194. The van der Waals surface area contributed by atoms with E-state index < -0.39 is 0 Å². The van der Waals surface area contributed by atoms with Crippen LogP contribution in [0.3, 0.4) is 0 Å². The van der Waals surface area contributed by atoms with Crippen molar-refractivity contribution in [3.63, 3.8) is 0 Å². The van der Waals surface area contributed by atoms with Crippen molar-refractivity contribution in [2.45, 2.75) is 31.6 Å². The molecule has 3 atom stereocenters. The van der Waals surface area contributed by atoms with Crippen LogP contribution < -0.4 is 17.7 Å². The molecule has 0 bridgehead atoms. The Bertz CT molecular complexity index is 651. The Morgan fingerprint density at radius 1 is 1.08 bits per heavy atom. The van der Waals surface area contributed by atoms with Gasteiger partial charge in [0.15, 0.2) is 0 Å². The fourth-order valence-corrected chi connectivity index (χ4v) is 3.22. The van der Waals surface area contributed by atoms with E-state index in [4.69, 9.17) is 9.47 Å². The number of hydrogen-bond donors (Lipinski definition) is 1. The molecule has 1 saturated heterocycles. The lowest BCUT2D eigenvalue weighted by molar-refractivity contribution is -0.727. The molecule has 134 valence electrons. The molecule has 0 aromatic heterocycles. The van der Waals surface area contributed by atoms with Crippen LogP contribution in [0.5, 0.6) is 0 Å². The van der Waals surface area contributed by atoms with E-state index in [-0.39, 0.29) is 36.6 Å². The highest BCUT2D eigenvalue weighted by Gasteiger charge is 2.37. The van der Waals surface area contributed by atoms with Gasteiger partial charge in [0.2, 0.25) is 0 Å². The highest BCUT2D eigenvalue weighted by Crippen LogP contribution is 2.32. The Hall–Kier alpha value is -1.88. The molecule has 0 amide bonds. The number of morpholine rings is 1. The predicted octanol–water partition coefficient (Wildman–Crippen LogP) is -0.612. The van der Waals surface area contributed by atoms with Crippen LogP contribution in [0.25, 0.3) is 0 Å². The lowest BCUT2D eigenvalue weighted by Crippen LogP contribution is -3.00. The molecule has 0 saturated carbocycles. The largest absolute Gasteiger partial charge is 1.00 e. The third-order valence-corrected chi connectivity index (χ3v) is 4.33. The van der Waals surface area contributed by atoms with E-state index in [2.05, 4.69) is 41.7 Å². The summed E-state index contributed by atoms with van der Waals surface area (Å²) in [6.07, 6.45) is 0.0887. The maximum atomic E-state index is 11.8. The van der Waals surface area contributed by atoms with Gasteiger partial charge in [0, 0.05) is 5.56 Å². The summed E-state index contributed by atoms with van der Waals surface area (Å²) in [5.41, 5.74) is 2.37. The minimum absolute atomic E-state index is 0. The average molecular weight is 362 g/mol.